The SMILES string of the molecule is C=Cc1nc(C(C)(CCCCCC)CCCCCCC)co1. The molecule has 1 aromatic rings. The van der Waals surface area contributed by atoms with E-state index in [0.717, 1.165) is 5.69 Å². The molecule has 0 spiro atoms. The molecule has 0 aliphatic heterocycles. The van der Waals surface area contributed by atoms with Crippen molar-refractivity contribution in [1.29, 1.82) is 0 Å². The molecule has 1 unspecified atom stereocenters. The van der Waals surface area contributed by atoms with Crippen LogP contribution in [0.4, 0.5) is 0 Å². The predicted molar refractivity (Wildman–Crippen MR) is 96.1 cm³/mol. The fraction of sp³-hybridized carbons (Fsp3) is 0.750. The van der Waals surface area contributed by atoms with Gasteiger partial charge in [0.25, 0.3) is 0 Å². The molecule has 1 aromatic heterocycles. The summed E-state index contributed by atoms with van der Waals surface area (Å²) in [4.78, 5) is 4.63. The van der Waals surface area contributed by atoms with Gasteiger partial charge in [0.05, 0.1) is 5.69 Å². The number of nitrogens with zero attached hydrogens (tertiary/aromatic N) is 1. The Balaban J connectivity index is 2.60. The molecule has 22 heavy (non-hydrogen) atoms. The second kappa shape index (κ2) is 10.6. The lowest BCUT2D eigenvalue weighted by Gasteiger charge is -2.27. The number of aromatic nitrogens is 1. The lowest BCUT2D eigenvalue weighted by Crippen LogP contribution is -2.22. The lowest BCUT2D eigenvalue weighted by molar-refractivity contribution is 0.354. The van der Waals surface area contributed by atoms with Crippen LogP contribution in [0.1, 0.15) is 103 Å². The fourth-order valence-electron chi connectivity index (χ4n) is 3.10. The van der Waals surface area contributed by atoms with E-state index in [1.807, 2.05) is 6.26 Å². The molecule has 1 atom stereocenters. The van der Waals surface area contributed by atoms with E-state index in [1.54, 1.807) is 6.08 Å². The van der Waals surface area contributed by atoms with Crippen LogP contribution in [0.25, 0.3) is 6.08 Å². The molecule has 1 heterocycles. The van der Waals surface area contributed by atoms with Crippen molar-refractivity contribution < 1.29 is 4.42 Å². The van der Waals surface area contributed by atoms with Gasteiger partial charge in [0.1, 0.15) is 6.26 Å². The Kier molecular flexibility index (Phi) is 9.19. The molecule has 0 aliphatic carbocycles. The lowest BCUT2D eigenvalue weighted by atomic mass is 9.77. The minimum absolute atomic E-state index is 0.157. The summed E-state index contributed by atoms with van der Waals surface area (Å²) in [5.41, 5.74) is 1.28. The molecule has 0 bridgehead atoms. The van der Waals surface area contributed by atoms with Crippen molar-refractivity contribution in [2.24, 2.45) is 0 Å². The number of oxazole rings is 1. The summed E-state index contributed by atoms with van der Waals surface area (Å²) >= 11 is 0. The Bertz CT molecular complexity index is 410. The minimum Gasteiger partial charge on any atom is -0.445 e. The predicted octanol–water partition coefficient (Wildman–Crippen LogP) is 6.91. The highest BCUT2D eigenvalue weighted by Gasteiger charge is 2.29. The van der Waals surface area contributed by atoms with Crippen LogP contribution < -0.4 is 0 Å². The molecule has 0 saturated heterocycles. The van der Waals surface area contributed by atoms with Crippen LogP contribution in [0.2, 0.25) is 0 Å². The maximum Gasteiger partial charge on any atom is 0.218 e. The van der Waals surface area contributed by atoms with Crippen molar-refractivity contribution in [2.75, 3.05) is 0 Å². The van der Waals surface area contributed by atoms with Gasteiger partial charge in [-0.3, -0.25) is 0 Å². The van der Waals surface area contributed by atoms with E-state index in [4.69, 9.17) is 4.42 Å². The van der Waals surface area contributed by atoms with Crippen LogP contribution in [-0.2, 0) is 5.41 Å². The first-order chi connectivity index (χ1) is 10.7. The third kappa shape index (κ3) is 6.37. The van der Waals surface area contributed by atoms with Crippen LogP contribution in [-0.4, -0.2) is 4.98 Å². The first kappa shape index (κ1) is 19.0. The molecule has 2 nitrogen and oxygen atoms in total. The van der Waals surface area contributed by atoms with E-state index in [1.165, 1.54) is 70.6 Å². The van der Waals surface area contributed by atoms with Crippen LogP contribution in [0.3, 0.4) is 0 Å². The Morgan fingerprint density at radius 3 is 2.05 bits per heavy atom. The smallest absolute Gasteiger partial charge is 0.218 e. The van der Waals surface area contributed by atoms with Crippen LogP contribution in [0.15, 0.2) is 17.3 Å². The minimum atomic E-state index is 0.157. The topological polar surface area (TPSA) is 26.0 Å². The van der Waals surface area contributed by atoms with Gasteiger partial charge in [-0.15, -0.1) is 0 Å². The summed E-state index contributed by atoms with van der Waals surface area (Å²) in [5, 5.41) is 0. The van der Waals surface area contributed by atoms with Crippen molar-refractivity contribution in [3.05, 3.63) is 24.4 Å². The van der Waals surface area contributed by atoms with Crippen molar-refractivity contribution in [2.45, 2.75) is 96.8 Å². The van der Waals surface area contributed by atoms with Gasteiger partial charge in [-0.05, 0) is 18.9 Å². The quantitative estimate of drug-likeness (QED) is 0.370. The normalized spacial score (nSPS) is 14.0. The molecule has 0 amide bonds. The first-order valence-electron chi connectivity index (χ1n) is 9.24. The zero-order valence-electron chi connectivity index (χ0n) is 15.0. The number of rotatable bonds is 13. The van der Waals surface area contributed by atoms with Gasteiger partial charge in [-0.2, -0.15) is 0 Å². The van der Waals surface area contributed by atoms with E-state index in [9.17, 15) is 0 Å². The Morgan fingerprint density at radius 2 is 1.55 bits per heavy atom. The first-order valence-corrected chi connectivity index (χ1v) is 9.24. The van der Waals surface area contributed by atoms with Crippen LogP contribution in [0.5, 0.6) is 0 Å². The third-order valence-corrected chi connectivity index (χ3v) is 4.73. The summed E-state index contributed by atoms with van der Waals surface area (Å²) in [6.45, 7) is 10.6. The summed E-state index contributed by atoms with van der Waals surface area (Å²) in [6, 6.07) is 0. The average Bonchev–Trinajstić information content (AvgIpc) is 3.01. The summed E-state index contributed by atoms with van der Waals surface area (Å²) in [5.74, 6) is 0.653. The monoisotopic (exact) mass is 305 g/mol. The third-order valence-electron chi connectivity index (χ3n) is 4.73. The highest BCUT2D eigenvalue weighted by molar-refractivity contribution is 5.34. The Labute approximate surface area is 137 Å². The van der Waals surface area contributed by atoms with Gasteiger partial charge in [-0.25, -0.2) is 4.98 Å². The van der Waals surface area contributed by atoms with Gasteiger partial charge in [0.2, 0.25) is 5.89 Å². The van der Waals surface area contributed by atoms with E-state index in [2.05, 4.69) is 32.3 Å². The fourth-order valence-corrected chi connectivity index (χ4v) is 3.10. The van der Waals surface area contributed by atoms with Crippen molar-refractivity contribution >= 4 is 6.08 Å². The van der Waals surface area contributed by atoms with E-state index >= 15 is 0 Å². The van der Waals surface area contributed by atoms with Crippen LogP contribution in [0, 0.1) is 0 Å². The zero-order chi connectivity index (χ0) is 16.3. The summed E-state index contributed by atoms with van der Waals surface area (Å²) in [6.07, 6.45) is 17.9. The maximum atomic E-state index is 5.50. The molecule has 0 fully saturated rings. The number of hydrogen-bond donors (Lipinski definition) is 0. The summed E-state index contributed by atoms with van der Waals surface area (Å²) in [7, 11) is 0. The molecule has 2 heteroatoms. The maximum absolute atomic E-state index is 5.50. The Morgan fingerprint density at radius 1 is 1.00 bits per heavy atom. The molecule has 0 radical (unpaired) electrons. The molecular formula is C20H35NO. The molecule has 0 aliphatic rings. The van der Waals surface area contributed by atoms with Crippen molar-refractivity contribution in [3.63, 3.8) is 0 Å². The van der Waals surface area contributed by atoms with Crippen molar-refractivity contribution in [3.8, 4) is 0 Å². The van der Waals surface area contributed by atoms with Gasteiger partial charge < -0.3 is 4.42 Å². The van der Waals surface area contributed by atoms with Gasteiger partial charge in [0, 0.05) is 5.41 Å². The Hall–Kier alpha value is -1.05. The number of unbranched alkanes of at least 4 members (excludes halogenated alkanes) is 7. The molecule has 1 rings (SSSR count). The summed E-state index contributed by atoms with van der Waals surface area (Å²) < 4.78 is 5.50. The van der Waals surface area contributed by atoms with E-state index < -0.39 is 0 Å². The van der Waals surface area contributed by atoms with Crippen LogP contribution >= 0.6 is 0 Å². The molecule has 0 N–H and O–H groups in total. The average molecular weight is 306 g/mol. The molecule has 126 valence electrons. The number of hydrogen-bond acceptors (Lipinski definition) is 2. The van der Waals surface area contributed by atoms with Gasteiger partial charge in [0.15, 0.2) is 0 Å². The van der Waals surface area contributed by atoms with Gasteiger partial charge in [-0.1, -0.05) is 85.1 Å². The molecule has 0 aromatic carbocycles. The van der Waals surface area contributed by atoms with E-state index in [0.29, 0.717) is 5.89 Å². The largest absolute Gasteiger partial charge is 0.445 e. The molecule has 0 saturated carbocycles. The zero-order valence-corrected chi connectivity index (χ0v) is 15.0. The van der Waals surface area contributed by atoms with Crippen molar-refractivity contribution in [1.82, 2.24) is 4.98 Å². The highest BCUT2D eigenvalue weighted by Crippen LogP contribution is 2.35. The van der Waals surface area contributed by atoms with E-state index in [-0.39, 0.29) is 5.41 Å². The second-order valence-electron chi connectivity index (χ2n) is 6.81. The standard InChI is InChI=1S/C20H35NO/c1-5-8-10-12-14-16-20(4,15-13-11-9-6-2)18-17-22-19(7-3)21-18/h7,17H,3,5-6,8-16H2,1-2,4H3. The van der Waals surface area contributed by atoms with Gasteiger partial charge >= 0.3 is 0 Å². The molecular weight excluding hydrogens is 270 g/mol. The highest BCUT2D eigenvalue weighted by atomic mass is 16.3. The second-order valence-corrected chi connectivity index (χ2v) is 6.81.